The molecule has 12 heteroatoms. The summed E-state index contributed by atoms with van der Waals surface area (Å²) in [5.41, 5.74) is 1.51. The van der Waals surface area contributed by atoms with Crippen molar-refractivity contribution in [1.82, 2.24) is 19.7 Å². The van der Waals surface area contributed by atoms with Gasteiger partial charge in [0.1, 0.15) is 0 Å². The Morgan fingerprint density at radius 1 is 0.971 bits per heavy atom. The third-order valence-electron chi connectivity index (χ3n) is 6.01. The first kappa shape index (κ1) is 24.6. The summed E-state index contributed by atoms with van der Waals surface area (Å²) < 4.78 is 0. The van der Waals surface area contributed by atoms with Crippen LogP contribution in [0.4, 0.5) is 15.6 Å². The number of nitrogens with one attached hydrogen (secondary N) is 1. The highest BCUT2D eigenvalue weighted by atomic mass is 35.5. The van der Waals surface area contributed by atoms with Gasteiger partial charge >= 0.3 is 6.03 Å². The molecule has 0 radical (unpaired) electrons. The molecular weight excluding hydrogens is 499 g/mol. The molecule has 0 bridgehead atoms. The highest BCUT2D eigenvalue weighted by Gasteiger charge is 2.25. The van der Waals surface area contributed by atoms with E-state index in [2.05, 4.69) is 15.2 Å². The molecule has 34 heavy (non-hydrogen) atoms. The molecule has 0 unspecified atom stereocenters. The number of urea groups is 1. The lowest BCUT2D eigenvalue weighted by Crippen LogP contribution is -2.51. The normalized spacial score (nSPS) is 16.6. The van der Waals surface area contributed by atoms with E-state index in [1.165, 1.54) is 18.3 Å². The number of thiazole rings is 1. The lowest BCUT2D eigenvalue weighted by Gasteiger charge is -2.36. The van der Waals surface area contributed by atoms with Crippen LogP contribution in [0.1, 0.15) is 12.6 Å². The van der Waals surface area contributed by atoms with Gasteiger partial charge in [0, 0.05) is 64.7 Å². The lowest BCUT2D eigenvalue weighted by atomic mass is 10.2. The first-order chi connectivity index (χ1) is 16.3. The van der Waals surface area contributed by atoms with E-state index in [1.807, 2.05) is 17.0 Å². The maximum Gasteiger partial charge on any atom is 0.323 e. The van der Waals surface area contributed by atoms with Crippen molar-refractivity contribution in [3.8, 4) is 0 Å². The molecule has 182 valence electrons. The van der Waals surface area contributed by atoms with Crippen molar-refractivity contribution in [2.75, 3.05) is 62.6 Å². The molecule has 0 atom stereocenters. The number of hydrogen-bond acceptors (Lipinski definition) is 6. The summed E-state index contributed by atoms with van der Waals surface area (Å²) in [6.45, 7) is 6.05. The number of nitrogens with zero attached hydrogens (tertiary/aromatic N) is 5. The van der Waals surface area contributed by atoms with Gasteiger partial charge in [0.25, 0.3) is 0 Å². The fourth-order valence-corrected chi connectivity index (χ4v) is 5.16. The molecule has 2 aliphatic heterocycles. The van der Waals surface area contributed by atoms with Crippen molar-refractivity contribution in [3.05, 3.63) is 39.3 Å². The molecule has 4 amide bonds. The van der Waals surface area contributed by atoms with Crippen LogP contribution in [-0.4, -0.2) is 89.9 Å². The van der Waals surface area contributed by atoms with Crippen LogP contribution in [0.3, 0.4) is 0 Å². The van der Waals surface area contributed by atoms with Gasteiger partial charge in [0.15, 0.2) is 5.13 Å². The first-order valence-electron chi connectivity index (χ1n) is 11.0. The minimum absolute atomic E-state index is 0.000345. The second-order valence-electron chi connectivity index (χ2n) is 8.18. The molecule has 4 rings (SSSR count). The number of carbonyl (C=O) groups excluding carboxylic acids is 3. The molecule has 2 fully saturated rings. The Morgan fingerprint density at radius 3 is 2.29 bits per heavy atom. The Morgan fingerprint density at radius 2 is 1.62 bits per heavy atom. The standard InChI is InChI=1S/C22H26Cl2N6O3S/c1-15(31)27-5-11-30(12-6-27)22(33)26-21-25-16(14-34-21)13-19(32)29-9-7-28(8-10-29)18-4-2-3-17(23)20(18)24/h2-4,14H,5-13H2,1H3,(H,25,26,33). The Kier molecular flexibility index (Phi) is 7.80. The van der Waals surface area contributed by atoms with Gasteiger partial charge in [-0.2, -0.15) is 0 Å². The van der Waals surface area contributed by atoms with Gasteiger partial charge in [-0.1, -0.05) is 29.3 Å². The summed E-state index contributed by atoms with van der Waals surface area (Å²) in [5.74, 6) is 0.0179. The summed E-state index contributed by atoms with van der Waals surface area (Å²) in [7, 11) is 0. The van der Waals surface area contributed by atoms with Gasteiger partial charge in [-0.25, -0.2) is 9.78 Å². The van der Waals surface area contributed by atoms with Gasteiger partial charge < -0.3 is 19.6 Å². The van der Waals surface area contributed by atoms with Crippen LogP contribution in [0, 0.1) is 0 Å². The summed E-state index contributed by atoms with van der Waals surface area (Å²) in [4.78, 5) is 48.5. The maximum atomic E-state index is 12.8. The molecule has 0 saturated carbocycles. The largest absolute Gasteiger partial charge is 0.367 e. The van der Waals surface area contributed by atoms with E-state index in [4.69, 9.17) is 23.2 Å². The summed E-state index contributed by atoms with van der Waals surface area (Å²) >= 11 is 13.8. The molecule has 2 aromatic rings. The maximum absolute atomic E-state index is 12.8. The van der Waals surface area contributed by atoms with Crippen LogP contribution < -0.4 is 10.2 Å². The zero-order valence-corrected chi connectivity index (χ0v) is 21.1. The monoisotopic (exact) mass is 524 g/mol. The van der Waals surface area contributed by atoms with E-state index in [1.54, 1.807) is 21.2 Å². The molecular formula is C22H26Cl2N6O3S. The van der Waals surface area contributed by atoms with Crippen LogP contribution in [0.2, 0.25) is 10.0 Å². The Labute approximate surface area is 212 Å². The van der Waals surface area contributed by atoms with E-state index in [9.17, 15) is 14.4 Å². The van der Waals surface area contributed by atoms with Crippen LogP contribution in [0.15, 0.2) is 23.6 Å². The second kappa shape index (κ2) is 10.8. The Bertz CT molecular complexity index is 1060. The van der Waals surface area contributed by atoms with Gasteiger partial charge in [-0.05, 0) is 12.1 Å². The number of piperazine rings is 2. The zero-order valence-electron chi connectivity index (χ0n) is 18.8. The smallest absolute Gasteiger partial charge is 0.323 e. The average Bonchev–Trinajstić information content (AvgIpc) is 3.27. The quantitative estimate of drug-likeness (QED) is 0.663. The molecule has 0 spiro atoms. The third-order valence-corrected chi connectivity index (χ3v) is 7.63. The van der Waals surface area contributed by atoms with Crippen molar-refractivity contribution in [2.45, 2.75) is 13.3 Å². The summed E-state index contributed by atoms with van der Waals surface area (Å²) in [6, 6.07) is 5.31. The van der Waals surface area contributed by atoms with E-state index in [-0.39, 0.29) is 24.3 Å². The number of benzene rings is 1. The molecule has 1 N–H and O–H groups in total. The van der Waals surface area contributed by atoms with E-state index < -0.39 is 0 Å². The first-order valence-corrected chi connectivity index (χ1v) is 12.7. The molecule has 1 aromatic heterocycles. The fraction of sp³-hybridized carbons (Fsp3) is 0.455. The Hall–Kier alpha value is -2.56. The minimum Gasteiger partial charge on any atom is -0.367 e. The molecule has 1 aromatic carbocycles. The fourth-order valence-electron chi connectivity index (χ4n) is 4.04. The predicted octanol–water partition coefficient (Wildman–Crippen LogP) is 3.04. The van der Waals surface area contributed by atoms with Crippen LogP contribution in [0.25, 0.3) is 0 Å². The van der Waals surface area contributed by atoms with Gasteiger partial charge in [0.05, 0.1) is 27.8 Å². The number of hydrogen-bond donors (Lipinski definition) is 1. The molecule has 2 saturated heterocycles. The van der Waals surface area contributed by atoms with E-state index >= 15 is 0 Å². The van der Waals surface area contributed by atoms with Crippen molar-refractivity contribution >= 4 is 63.2 Å². The SMILES string of the molecule is CC(=O)N1CCN(C(=O)Nc2nc(CC(=O)N3CCN(c4cccc(Cl)c4Cl)CC3)cs2)CC1. The lowest BCUT2D eigenvalue weighted by molar-refractivity contribution is -0.131. The number of anilines is 2. The van der Waals surface area contributed by atoms with Gasteiger partial charge in [-0.3, -0.25) is 14.9 Å². The van der Waals surface area contributed by atoms with E-state index in [0.717, 1.165) is 5.69 Å². The van der Waals surface area contributed by atoms with Gasteiger partial charge in [-0.15, -0.1) is 11.3 Å². The highest BCUT2D eigenvalue weighted by molar-refractivity contribution is 7.13. The van der Waals surface area contributed by atoms with E-state index in [0.29, 0.717) is 73.2 Å². The number of halogens is 2. The number of rotatable bonds is 4. The molecule has 3 heterocycles. The third kappa shape index (κ3) is 5.73. The number of carbonyl (C=O) groups is 3. The minimum atomic E-state index is -0.244. The predicted molar refractivity (Wildman–Crippen MR) is 134 cm³/mol. The highest BCUT2D eigenvalue weighted by Crippen LogP contribution is 2.33. The summed E-state index contributed by atoms with van der Waals surface area (Å²) in [5, 5.41) is 6.10. The Balaban J connectivity index is 1.25. The molecule has 0 aliphatic carbocycles. The van der Waals surface area contributed by atoms with Crippen molar-refractivity contribution in [3.63, 3.8) is 0 Å². The van der Waals surface area contributed by atoms with Crippen molar-refractivity contribution in [1.29, 1.82) is 0 Å². The average molecular weight is 525 g/mol. The van der Waals surface area contributed by atoms with Crippen molar-refractivity contribution in [2.24, 2.45) is 0 Å². The topological polar surface area (TPSA) is 89.1 Å². The van der Waals surface area contributed by atoms with Crippen LogP contribution >= 0.6 is 34.5 Å². The molecule has 2 aliphatic rings. The van der Waals surface area contributed by atoms with Crippen molar-refractivity contribution < 1.29 is 14.4 Å². The summed E-state index contributed by atoms with van der Waals surface area (Å²) in [6.07, 6.45) is 0.182. The van der Waals surface area contributed by atoms with Crippen LogP contribution in [-0.2, 0) is 16.0 Å². The number of aromatic nitrogens is 1. The number of amides is 4. The van der Waals surface area contributed by atoms with Gasteiger partial charge in [0.2, 0.25) is 11.8 Å². The molecule has 9 nitrogen and oxygen atoms in total. The van der Waals surface area contributed by atoms with Crippen LogP contribution in [0.5, 0.6) is 0 Å². The second-order valence-corrected chi connectivity index (χ2v) is 9.83. The zero-order chi connectivity index (χ0) is 24.2.